The van der Waals surface area contributed by atoms with Crippen molar-refractivity contribution in [3.63, 3.8) is 0 Å². The van der Waals surface area contributed by atoms with Gasteiger partial charge in [0.15, 0.2) is 0 Å². The Morgan fingerprint density at radius 2 is 1.33 bits per heavy atom. The molecule has 0 saturated carbocycles. The molecule has 0 fully saturated rings. The van der Waals surface area contributed by atoms with Crippen molar-refractivity contribution in [3.8, 4) is 0 Å². The third kappa shape index (κ3) is 20.3. The second kappa shape index (κ2) is 16.7. The van der Waals surface area contributed by atoms with Gasteiger partial charge in [0.25, 0.3) is 0 Å². The fourth-order valence-corrected chi connectivity index (χ4v) is 0. The number of halogens is 1. The van der Waals surface area contributed by atoms with E-state index in [9.17, 15) is 0 Å². The van der Waals surface area contributed by atoms with Crippen LogP contribution in [0.4, 0.5) is 0 Å². The number of hydrogen-bond acceptors (Lipinski definition) is 0. The average Bonchev–Trinajstić information content (AvgIpc) is 1.72. The molecule has 43 valence electrons. The second-order valence-electron chi connectivity index (χ2n) is 1.000. The molecular formula is C4H10ClPd. The van der Waals surface area contributed by atoms with Crippen LogP contribution in [0.5, 0.6) is 0 Å². The van der Waals surface area contributed by atoms with Gasteiger partial charge in [0.1, 0.15) is 0 Å². The van der Waals surface area contributed by atoms with Gasteiger partial charge in [-0.25, -0.2) is 0 Å². The molecule has 0 aromatic rings. The van der Waals surface area contributed by atoms with Crippen LogP contribution in [0.25, 0.3) is 0 Å². The molecule has 2 heteroatoms. The van der Waals surface area contributed by atoms with Crippen molar-refractivity contribution in [1.82, 2.24) is 0 Å². The van der Waals surface area contributed by atoms with Gasteiger partial charge in [-0.3, -0.25) is 0 Å². The average molecular weight is 200 g/mol. The first-order chi connectivity index (χ1) is 2.91. The van der Waals surface area contributed by atoms with E-state index in [1.165, 1.54) is 12.8 Å². The first kappa shape index (κ1) is 10.0. The van der Waals surface area contributed by atoms with Gasteiger partial charge < -0.3 is 0 Å². The van der Waals surface area contributed by atoms with Crippen LogP contribution in [0.1, 0.15) is 26.7 Å². The van der Waals surface area contributed by atoms with Crippen molar-refractivity contribution >= 4 is 9.53 Å². The molecule has 0 amide bonds. The topological polar surface area (TPSA) is 0 Å². The zero-order chi connectivity index (χ0) is 5.41. The van der Waals surface area contributed by atoms with Gasteiger partial charge in [0.05, 0.1) is 0 Å². The molecule has 0 aliphatic carbocycles. The standard InChI is InChI=1S/C4H10.ClH.Pd/c1-3-4-2;;/h3-4H2,1-2H3;1H;/q;;+1/p-1. The molecule has 0 aliphatic heterocycles. The predicted molar refractivity (Wildman–Crippen MR) is 26.4 cm³/mol. The fraction of sp³-hybridized carbons (Fsp3) is 1.00. The van der Waals surface area contributed by atoms with Gasteiger partial charge in [0, 0.05) is 0 Å². The molecule has 0 bridgehead atoms. The fourth-order valence-electron chi connectivity index (χ4n) is 0. The molecule has 0 rings (SSSR count). The Labute approximate surface area is 54.6 Å². The molecule has 6 heavy (non-hydrogen) atoms. The first-order valence-electron chi connectivity index (χ1n) is 2.03. The molecular weight excluding hydrogens is 190 g/mol. The molecule has 0 aromatic heterocycles. The Bertz CT molecular complexity index is 9.51. The van der Waals surface area contributed by atoms with E-state index in [1.54, 1.807) is 0 Å². The minimum absolute atomic E-state index is 1.32. The summed E-state index contributed by atoms with van der Waals surface area (Å²) in [4.78, 5) is 0. The van der Waals surface area contributed by atoms with Crippen molar-refractivity contribution in [2.45, 2.75) is 26.7 Å². The van der Waals surface area contributed by atoms with Gasteiger partial charge >= 0.3 is 27.7 Å². The Morgan fingerprint density at radius 3 is 1.33 bits per heavy atom. The van der Waals surface area contributed by atoms with E-state index in [0.717, 1.165) is 0 Å². The zero-order valence-corrected chi connectivity index (χ0v) is 6.42. The molecule has 0 saturated heterocycles. The van der Waals surface area contributed by atoms with Crippen molar-refractivity contribution < 1.29 is 18.2 Å². The van der Waals surface area contributed by atoms with Crippen molar-refractivity contribution in [2.24, 2.45) is 0 Å². The maximum atomic E-state index is 4.49. The normalized spacial score (nSPS) is 6.17. The summed E-state index contributed by atoms with van der Waals surface area (Å²) >= 11 is 2.22. The molecule has 0 atom stereocenters. The van der Waals surface area contributed by atoms with Crippen LogP contribution in [-0.2, 0) is 18.2 Å². The zero-order valence-electron chi connectivity index (χ0n) is 4.11. The summed E-state index contributed by atoms with van der Waals surface area (Å²) in [5.74, 6) is 0. The Kier molecular flexibility index (Phi) is 28.0. The van der Waals surface area contributed by atoms with E-state index in [2.05, 4.69) is 41.6 Å². The SMILES string of the molecule is CCCC.[Cl][Pd]. The summed E-state index contributed by atoms with van der Waals surface area (Å²) in [5, 5.41) is 0. The summed E-state index contributed by atoms with van der Waals surface area (Å²) < 4.78 is 0. The van der Waals surface area contributed by atoms with Crippen LogP contribution in [-0.4, -0.2) is 0 Å². The van der Waals surface area contributed by atoms with Crippen LogP contribution in [0.15, 0.2) is 0 Å². The quantitative estimate of drug-likeness (QED) is 0.570. The van der Waals surface area contributed by atoms with Gasteiger partial charge in [-0.1, -0.05) is 26.7 Å². The molecule has 0 N–H and O–H groups in total. The van der Waals surface area contributed by atoms with E-state index >= 15 is 0 Å². The van der Waals surface area contributed by atoms with Gasteiger partial charge in [0.2, 0.25) is 0 Å². The summed E-state index contributed by atoms with van der Waals surface area (Å²) in [6, 6.07) is 0. The molecule has 0 aromatic carbocycles. The van der Waals surface area contributed by atoms with E-state index in [4.69, 9.17) is 0 Å². The van der Waals surface area contributed by atoms with E-state index in [-0.39, 0.29) is 0 Å². The van der Waals surface area contributed by atoms with Crippen LogP contribution in [0.2, 0.25) is 0 Å². The minimum atomic E-state index is 1.32. The van der Waals surface area contributed by atoms with Crippen LogP contribution in [0, 0.1) is 0 Å². The molecule has 0 radical (unpaired) electrons. The third-order valence-electron chi connectivity index (χ3n) is 0.500. The molecule has 0 spiro atoms. The monoisotopic (exact) mass is 199 g/mol. The Balaban J connectivity index is 0. The maximum absolute atomic E-state index is 4.49. The number of rotatable bonds is 1. The summed E-state index contributed by atoms with van der Waals surface area (Å²) in [6.45, 7) is 4.36. The van der Waals surface area contributed by atoms with Crippen LogP contribution >= 0.6 is 9.53 Å². The van der Waals surface area contributed by atoms with Gasteiger partial charge in [-0.05, 0) is 0 Å². The third-order valence-corrected chi connectivity index (χ3v) is 0.500. The van der Waals surface area contributed by atoms with Gasteiger partial charge in [-0.15, -0.1) is 0 Å². The summed E-state index contributed by atoms with van der Waals surface area (Å²) in [5.41, 5.74) is 0. The van der Waals surface area contributed by atoms with Crippen molar-refractivity contribution in [3.05, 3.63) is 0 Å². The van der Waals surface area contributed by atoms with Crippen molar-refractivity contribution in [2.75, 3.05) is 0 Å². The van der Waals surface area contributed by atoms with Gasteiger partial charge in [-0.2, -0.15) is 0 Å². The summed E-state index contributed by atoms with van der Waals surface area (Å²) in [7, 11) is 4.49. The van der Waals surface area contributed by atoms with E-state index in [1.807, 2.05) is 0 Å². The molecule has 0 nitrogen and oxygen atoms in total. The molecule has 0 aliphatic rings. The molecule has 0 unspecified atom stereocenters. The molecule has 0 heterocycles. The summed E-state index contributed by atoms with van der Waals surface area (Å²) in [6.07, 6.45) is 2.64. The van der Waals surface area contributed by atoms with Crippen LogP contribution in [0.3, 0.4) is 0 Å². The van der Waals surface area contributed by atoms with Crippen molar-refractivity contribution in [1.29, 1.82) is 0 Å². The Morgan fingerprint density at radius 1 is 1.17 bits per heavy atom. The number of hydrogen-bond donors (Lipinski definition) is 0. The number of unbranched alkanes of at least 4 members (excludes halogenated alkanes) is 1. The van der Waals surface area contributed by atoms with Crippen LogP contribution < -0.4 is 0 Å². The Hall–Kier alpha value is 0.952. The predicted octanol–water partition coefficient (Wildman–Crippen LogP) is 2.49. The second-order valence-corrected chi connectivity index (χ2v) is 1.000. The first-order valence-corrected chi connectivity index (χ1v) is 4.04. The van der Waals surface area contributed by atoms with E-state index in [0.29, 0.717) is 0 Å². The van der Waals surface area contributed by atoms with E-state index < -0.39 is 0 Å².